The van der Waals surface area contributed by atoms with Crippen molar-refractivity contribution in [3.63, 3.8) is 0 Å². The van der Waals surface area contributed by atoms with Gasteiger partial charge in [-0.15, -0.1) is 0 Å². The van der Waals surface area contributed by atoms with E-state index in [0.717, 1.165) is 17.8 Å². The van der Waals surface area contributed by atoms with Crippen LogP contribution < -0.4 is 11.1 Å². The van der Waals surface area contributed by atoms with Gasteiger partial charge in [-0.25, -0.2) is 14.3 Å². The first-order chi connectivity index (χ1) is 14.1. The lowest BCUT2D eigenvalue weighted by molar-refractivity contribution is -0.122. The van der Waals surface area contributed by atoms with Crippen molar-refractivity contribution < 1.29 is 9.42 Å². The Balaban J connectivity index is 1.45. The number of carbonyl (C=O) groups excluding carboxylic acids is 1. The average Bonchev–Trinajstić information content (AvgIpc) is 3.29. The van der Waals surface area contributed by atoms with Crippen LogP contribution in [0.4, 0.5) is 0 Å². The van der Waals surface area contributed by atoms with Crippen LogP contribution >= 0.6 is 0 Å². The minimum Gasteiger partial charge on any atom is -0.349 e. The van der Waals surface area contributed by atoms with Crippen LogP contribution in [0, 0.1) is 12.8 Å². The molecule has 0 aliphatic heterocycles. The van der Waals surface area contributed by atoms with Gasteiger partial charge in [0.2, 0.25) is 5.91 Å². The number of aromatic nitrogens is 5. The lowest BCUT2D eigenvalue weighted by atomic mass is 10.1. The SMILES string of the molecule is Cc1nonc1CNC(=O)Cn1nc(CC2CC2)nc1[C@H](N)Cc1ccccc1. The molecule has 9 nitrogen and oxygen atoms in total. The molecule has 0 unspecified atom stereocenters. The topological polar surface area (TPSA) is 125 Å². The summed E-state index contributed by atoms with van der Waals surface area (Å²) in [6.45, 7) is 2.09. The van der Waals surface area contributed by atoms with E-state index in [9.17, 15) is 4.79 Å². The molecule has 4 rings (SSSR count). The average molecular weight is 395 g/mol. The summed E-state index contributed by atoms with van der Waals surface area (Å²) in [5.41, 5.74) is 8.83. The molecule has 2 heterocycles. The summed E-state index contributed by atoms with van der Waals surface area (Å²) < 4.78 is 6.29. The first-order valence-corrected chi connectivity index (χ1v) is 9.86. The largest absolute Gasteiger partial charge is 0.349 e. The Morgan fingerprint density at radius 3 is 2.79 bits per heavy atom. The van der Waals surface area contributed by atoms with E-state index >= 15 is 0 Å². The van der Waals surface area contributed by atoms with Gasteiger partial charge in [0.05, 0.1) is 12.6 Å². The number of aryl methyl sites for hydroxylation is 1. The van der Waals surface area contributed by atoms with Gasteiger partial charge in [-0.1, -0.05) is 40.6 Å². The maximum Gasteiger partial charge on any atom is 0.242 e. The Kier molecular flexibility index (Phi) is 5.66. The Morgan fingerprint density at radius 2 is 2.10 bits per heavy atom. The highest BCUT2D eigenvalue weighted by molar-refractivity contribution is 5.75. The van der Waals surface area contributed by atoms with Gasteiger partial charge in [-0.2, -0.15) is 5.10 Å². The van der Waals surface area contributed by atoms with Crippen molar-refractivity contribution in [2.45, 2.75) is 51.7 Å². The molecular formula is C20H25N7O2. The second kappa shape index (κ2) is 8.52. The lowest BCUT2D eigenvalue weighted by Gasteiger charge is -2.13. The lowest BCUT2D eigenvalue weighted by Crippen LogP contribution is -2.30. The van der Waals surface area contributed by atoms with Crippen molar-refractivity contribution >= 4 is 5.91 Å². The zero-order valence-corrected chi connectivity index (χ0v) is 16.4. The van der Waals surface area contributed by atoms with Crippen LogP contribution in [0.5, 0.6) is 0 Å². The van der Waals surface area contributed by atoms with Gasteiger partial charge in [0.25, 0.3) is 0 Å². The number of hydrogen-bond donors (Lipinski definition) is 2. The molecule has 1 aromatic carbocycles. The summed E-state index contributed by atoms with van der Waals surface area (Å²) >= 11 is 0. The van der Waals surface area contributed by atoms with Crippen LogP contribution in [-0.4, -0.2) is 31.0 Å². The zero-order chi connectivity index (χ0) is 20.2. The minimum atomic E-state index is -0.340. The normalized spacial score (nSPS) is 14.7. The van der Waals surface area contributed by atoms with E-state index in [4.69, 9.17) is 5.73 Å². The maximum absolute atomic E-state index is 12.5. The van der Waals surface area contributed by atoms with Gasteiger partial charge in [0.15, 0.2) is 5.82 Å². The van der Waals surface area contributed by atoms with Crippen molar-refractivity contribution in [1.29, 1.82) is 0 Å². The van der Waals surface area contributed by atoms with Gasteiger partial charge in [-0.3, -0.25) is 4.79 Å². The second-order valence-electron chi connectivity index (χ2n) is 7.56. The molecule has 1 saturated carbocycles. The third-order valence-electron chi connectivity index (χ3n) is 5.04. The van der Waals surface area contributed by atoms with E-state index in [1.54, 1.807) is 11.6 Å². The Labute approximate surface area is 168 Å². The minimum absolute atomic E-state index is 0.0554. The molecule has 3 N–H and O–H groups in total. The molecule has 29 heavy (non-hydrogen) atoms. The quantitative estimate of drug-likeness (QED) is 0.562. The first kappa shape index (κ1) is 19.3. The third kappa shape index (κ3) is 5.05. The molecule has 1 atom stereocenters. The number of hydrogen-bond acceptors (Lipinski definition) is 7. The van der Waals surface area contributed by atoms with E-state index < -0.39 is 0 Å². The van der Waals surface area contributed by atoms with Crippen molar-refractivity contribution in [2.75, 3.05) is 0 Å². The van der Waals surface area contributed by atoms with Gasteiger partial charge < -0.3 is 11.1 Å². The number of carbonyl (C=O) groups is 1. The van der Waals surface area contributed by atoms with Gasteiger partial charge in [-0.05, 0) is 37.7 Å². The highest BCUT2D eigenvalue weighted by Gasteiger charge is 2.26. The number of amides is 1. The van der Waals surface area contributed by atoms with E-state index in [2.05, 4.69) is 30.3 Å². The van der Waals surface area contributed by atoms with Gasteiger partial charge in [0, 0.05) is 6.42 Å². The van der Waals surface area contributed by atoms with Gasteiger partial charge >= 0.3 is 0 Å². The van der Waals surface area contributed by atoms with Crippen molar-refractivity contribution in [3.05, 3.63) is 58.9 Å². The monoisotopic (exact) mass is 395 g/mol. The predicted octanol–water partition coefficient (Wildman–Crippen LogP) is 1.48. The highest BCUT2D eigenvalue weighted by atomic mass is 16.6. The number of nitrogens with zero attached hydrogens (tertiary/aromatic N) is 5. The van der Waals surface area contributed by atoms with Gasteiger partial charge in [0.1, 0.15) is 23.8 Å². The van der Waals surface area contributed by atoms with Crippen LogP contribution in [0.15, 0.2) is 35.0 Å². The molecule has 1 fully saturated rings. The number of nitrogens with two attached hydrogens (primary N) is 1. The fraction of sp³-hybridized carbons (Fsp3) is 0.450. The van der Waals surface area contributed by atoms with Crippen LogP contribution in [0.25, 0.3) is 0 Å². The Hall–Kier alpha value is -3.07. The molecule has 0 saturated heterocycles. The Bertz CT molecular complexity index is 962. The maximum atomic E-state index is 12.5. The second-order valence-corrected chi connectivity index (χ2v) is 7.56. The summed E-state index contributed by atoms with van der Waals surface area (Å²) in [4.78, 5) is 17.1. The van der Waals surface area contributed by atoms with Crippen molar-refractivity contribution in [3.8, 4) is 0 Å². The molecular weight excluding hydrogens is 370 g/mol. The third-order valence-corrected chi connectivity index (χ3v) is 5.04. The molecule has 3 aromatic rings. The smallest absolute Gasteiger partial charge is 0.242 e. The summed E-state index contributed by atoms with van der Waals surface area (Å²) in [6, 6.07) is 9.67. The Morgan fingerprint density at radius 1 is 1.31 bits per heavy atom. The zero-order valence-electron chi connectivity index (χ0n) is 16.4. The summed E-state index contributed by atoms with van der Waals surface area (Å²) in [7, 11) is 0. The van der Waals surface area contributed by atoms with Crippen molar-refractivity contribution in [1.82, 2.24) is 30.4 Å². The van der Waals surface area contributed by atoms with Crippen LogP contribution in [0.3, 0.4) is 0 Å². The number of rotatable bonds is 9. The standard InChI is InChI=1S/C20H25N7O2/c1-13-17(26-29-25-13)11-22-19(28)12-27-20(23-18(24-27)10-15-7-8-15)16(21)9-14-5-3-2-4-6-14/h2-6,15-16H,7-12,21H2,1H3,(H,22,28)/t16-/m1/s1. The predicted molar refractivity (Wildman–Crippen MR) is 104 cm³/mol. The first-order valence-electron chi connectivity index (χ1n) is 9.86. The van der Waals surface area contributed by atoms with E-state index in [-0.39, 0.29) is 25.0 Å². The number of benzene rings is 1. The van der Waals surface area contributed by atoms with Crippen LogP contribution in [-0.2, 0) is 30.7 Å². The van der Waals surface area contributed by atoms with Crippen molar-refractivity contribution in [2.24, 2.45) is 11.7 Å². The van der Waals surface area contributed by atoms with Crippen LogP contribution in [0.2, 0.25) is 0 Å². The van der Waals surface area contributed by atoms with Crippen LogP contribution in [0.1, 0.15) is 47.5 Å². The molecule has 152 valence electrons. The molecule has 0 bridgehead atoms. The van der Waals surface area contributed by atoms with E-state index in [0.29, 0.717) is 29.6 Å². The highest BCUT2D eigenvalue weighted by Crippen LogP contribution is 2.32. The summed E-state index contributed by atoms with van der Waals surface area (Å²) in [5, 5.41) is 14.9. The summed E-state index contributed by atoms with van der Waals surface area (Å²) in [5.74, 6) is 1.86. The fourth-order valence-corrected chi connectivity index (χ4v) is 3.20. The molecule has 9 heteroatoms. The molecule has 0 radical (unpaired) electrons. The van der Waals surface area contributed by atoms with E-state index in [1.807, 2.05) is 30.3 Å². The molecule has 1 aliphatic rings. The summed E-state index contributed by atoms with van der Waals surface area (Å²) in [6.07, 6.45) is 3.90. The fourth-order valence-electron chi connectivity index (χ4n) is 3.20. The molecule has 1 amide bonds. The molecule has 2 aromatic heterocycles. The molecule has 1 aliphatic carbocycles. The van der Waals surface area contributed by atoms with E-state index in [1.165, 1.54) is 12.8 Å². The number of nitrogens with one attached hydrogen (secondary N) is 1. The molecule has 0 spiro atoms.